The van der Waals surface area contributed by atoms with Crippen LogP contribution >= 0.6 is 12.2 Å². The molecule has 0 spiro atoms. The second kappa shape index (κ2) is 10.8. The number of thiocarbonyl (C=S) groups is 1. The molecule has 2 heterocycles. The largest absolute Gasteiger partial charge is 0.467 e. The topological polar surface area (TPSA) is 34.9 Å². The average Bonchev–Trinajstić information content (AvgIpc) is 3.23. The summed E-state index contributed by atoms with van der Waals surface area (Å²) in [6, 6.07) is 10.3. The lowest BCUT2D eigenvalue weighted by atomic mass is 10.1. The Bertz CT molecular complexity index is 769. The first-order valence-corrected chi connectivity index (χ1v) is 11.1. The van der Waals surface area contributed by atoms with Crippen molar-refractivity contribution in [1.29, 1.82) is 0 Å². The van der Waals surface area contributed by atoms with E-state index in [1.54, 1.807) is 6.26 Å². The molecule has 0 radical (unpaired) electrons. The summed E-state index contributed by atoms with van der Waals surface area (Å²) in [6.07, 6.45) is 2.81. The number of furan rings is 1. The van der Waals surface area contributed by atoms with E-state index < -0.39 is 0 Å². The van der Waals surface area contributed by atoms with Crippen LogP contribution in [0, 0.1) is 13.8 Å². The maximum absolute atomic E-state index is 5.76. The number of nitrogens with one attached hydrogen (secondary N) is 1. The molecule has 0 amide bonds. The maximum Gasteiger partial charge on any atom is 0.173 e. The molecule has 1 fully saturated rings. The summed E-state index contributed by atoms with van der Waals surface area (Å²) in [4.78, 5) is 7.30. The zero-order valence-electron chi connectivity index (χ0n) is 18.0. The van der Waals surface area contributed by atoms with Crippen LogP contribution in [-0.2, 0) is 6.54 Å². The molecule has 0 bridgehead atoms. The molecule has 2 aromatic rings. The van der Waals surface area contributed by atoms with Gasteiger partial charge in [-0.2, -0.15) is 0 Å². The molecule has 158 valence electrons. The number of hydrogen-bond donors (Lipinski definition) is 1. The molecule has 29 heavy (non-hydrogen) atoms. The number of benzene rings is 1. The Hall–Kier alpha value is -1.89. The zero-order chi connectivity index (χ0) is 20.6. The molecular weight excluding hydrogens is 380 g/mol. The Balaban J connectivity index is 1.55. The van der Waals surface area contributed by atoms with Gasteiger partial charge in [0.1, 0.15) is 5.76 Å². The normalized spacial score (nSPS) is 15.4. The summed E-state index contributed by atoms with van der Waals surface area (Å²) in [5.41, 5.74) is 3.59. The van der Waals surface area contributed by atoms with Crippen LogP contribution in [0.15, 0.2) is 41.0 Å². The monoisotopic (exact) mass is 414 g/mol. The second-order valence-electron chi connectivity index (χ2n) is 7.86. The quantitative estimate of drug-likeness (QED) is 0.655. The summed E-state index contributed by atoms with van der Waals surface area (Å²) in [5, 5.41) is 4.17. The van der Waals surface area contributed by atoms with E-state index >= 15 is 0 Å². The molecule has 0 aliphatic carbocycles. The van der Waals surface area contributed by atoms with Crippen molar-refractivity contribution in [3.63, 3.8) is 0 Å². The molecule has 1 aromatic heterocycles. The van der Waals surface area contributed by atoms with Crippen molar-refractivity contribution < 1.29 is 4.42 Å². The van der Waals surface area contributed by atoms with Gasteiger partial charge < -0.3 is 24.4 Å². The highest BCUT2D eigenvalue weighted by atomic mass is 32.1. The van der Waals surface area contributed by atoms with Gasteiger partial charge in [0.05, 0.1) is 12.8 Å². The lowest BCUT2D eigenvalue weighted by molar-refractivity contribution is 0.134. The molecule has 1 aliphatic rings. The summed E-state index contributed by atoms with van der Waals surface area (Å²) < 4.78 is 5.57. The van der Waals surface area contributed by atoms with Crippen LogP contribution in [0.1, 0.15) is 30.2 Å². The lowest BCUT2D eigenvalue weighted by Gasteiger charge is -2.34. The zero-order valence-corrected chi connectivity index (χ0v) is 18.8. The van der Waals surface area contributed by atoms with E-state index in [4.69, 9.17) is 16.6 Å². The number of aryl methyl sites for hydroxylation is 2. The van der Waals surface area contributed by atoms with Crippen molar-refractivity contribution in [2.75, 3.05) is 51.1 Å². The molecular formula is C23H34N4OS. The molecule has 1 saturated heterocycles. The first kappa shape index (κ1) is 21.8. The Morgan fingerprint density at radius 2 is 1.86 bits per heavy atom. The summed E-state index contributed by atoms with van der Waals surface area (Å²) in [7, 11) is 0. The highest BCUT2D eigenvalue weighted by Gasteiger charge is 2.17. The minimum Gasteiger partial charge on any atom is -0.467 e. The fraction of sp³-hybridized carbons (Fsp3) is 0.522. The van der Waals surface area contributed by atoms with E-state index in [9.17, 15) is 0 Å². The van der Waals surface area contributed by atoms with Crippen LogP contribution < -0.4 is 5.32 Å². The van der Waals surface area contributed by atoms with Crippen LogP contribution in [0.4, 0.5) is 5.69 Å². The van der Waals surface area contributed by atoms with Gasteiger partial charge in [0.25, 0.3) is 0 Å². The molecule has 1 aromatic carbocycles. The van der Waals surface area contributed by atoms with Crippen molar-refractivity contribution >= 4 is 23.0 Å². The van der Waals surface area contributed by atoms with E-state index in [0.29, 0.717) is 6.54 Å². The van der Waals surface area contributed by atoms with Crippen molar-refractivity contribution in [3.8, 4) is 0 Å². The third kappa shape index (κ3) is 6.56. The summed E-state index contributed by atoms with van der Waals surface area (Å²) >= 11 is 5.76. The number of nitrogens with zero attached hydrogens (tertiary/aromatic N) is 3. The van der Waals surface area contributed by atoms with Crippen molar-refractivity contribution in [1.82, 2.24) is 14.7 Å². The van der Waals surface area contributed by atoms with Gasteiger partial charge in [0.2, 0.25) is 0 Å². The summed E-state index contributed by atoms with van der Waals surface area (Å²) in [5.74, 6) is 0.936. The number of rotatable bonds is 8. The third-order valence-electron chi connectivity index (χ3n) is 5.79. The van der Waals surface area contributed by atoms with E-state index in [-0.39, 0.29) is 0 Å². The number of likely N-dealkylation sites (N-methyl/N-ethyl adjacent to an activating group) is 1. The van der Waals surface area contributed by atoms with Gasteiger partial charge >= 0.3 is 0 Å². The van der Waals surface area contributed by atoms with Crippen LogP contribution in [0.2, 0.25) is 0 Å². The predicted octanol–water partition coefficient (Wildman–Crippen LogP) is 4.12. The minimum absolute atomic E-state index is 0.688. The molecule has 0 unspecified atom stereocenters. The van der Waals surface area contributed by atoms with Gasteiger partial charge in [0, 0.05) is 38.4 Å². The third-order valence-corrected chi connectivity index (χ3v) is 6.15. The highest BCUT2D eigenvalue weighted by Crippen LogP contribution is 2.16. The second-order valence-corrected chi connectivity index (χ2v) is 8.25. The van der Waals surface area contributed by atoms with E-state index in [2.05, 4.69) is 59.0 Å². The molecule has 1 N–H and O–H groups in total. The fourth-order valence-corrected chi connectivity index (χ4v) is 3.95. The van der Waals surface area contributed by atoms with Crippen LogP contribution in [0.25, 0.3) is 0 Å². The smallest absolute Gasteiger partial charge is 0.173 e. The Kier molecular flexibility index (Phi) is 8.09. The molecule has 0 atom stereocenters. The Labute approximate surface area is 180 Å². The van der Waals surface area contributed by atoms with Crippen molar-refractivity contribution in [2.45, 2.75) is 33.7 Å². The van der Waals surface area contributed by atoms with E-state index in [0.717, 1.165) is 55.7 Å². The SMILES string of the molecule is CCN1CCN(CCCN(Cc2ccco2)C(=S)Nc2ccc(C)c(C)c2)CC1. The molecule has 6 heteroatoms. The fourth-order valence-electron chi connectivity index (χ4n) is 3.68. The van der Waals surface area contributed by atoms with Crippen molar-refractivity contribution in [2.24, 2.45) is 0 Å². The average molecular weight is 415 g/mol. The van der Waals surface area contributed by atoms with Gasteiger partial charge in [-0.1, -0.05) is 13.0 Å². The Morgan fingerprint density at radius 1 is 1.10 bits per heavy atom. The van der Waals surface area contributed by atoms with Gasteiger partial charge in [0.15, 0.2) is 5.11 Å². The first-order chi connectivity index (χ1) is 14.0. The molecule has 5 nitrogen and oxygen atoms in total. The molecule has 3 rings (SSSR count). The maximum atomic E-state index is 5.76. The van der Waals surface area contributed by atoms with Gasteiger partial charge in [-0.25, -0.2) is 0 Å². The summed E-state index contributed by atoms with van der Waals surface area (Å²) in [6.45, 7) is 15.0. The van der Waals surface area contributed by atoms with Crippen LogP contribution in [0.5, 0.6) is 0 Å². The van der Waals surface area contributed by atoms with Crippen molar-refractivity contribution in [3.05, 3.63) is 53.5 Å². The lowest BCUT2D eigenvalue weighted by Crippen LogP contribution is -2.46. The number of hydrogen-bond acceptors (Lipinski definition) is 4. The van der Waals surface area contributed by atoms with Gasteiger partial charge in [-0.3, -0.25) is 0 Å². The standard InChI is InChI=1S/C23H34N4OS/c1-4-25-12-14-26(15-13-25)10-6-11-27(18-22-7-5-16-28-22)23(29)24-21-9-8-19(2)20(3)17-21/h5,7-9,16-17H,4,6,10-15,18H2,1-3H3,(H,24,29). The highest BCUT2D eigenvalue weighted by molar-refractivity contribution is 7.80. The predicted molar refractivity (Wildman–Crippen MR) is 124 cm³/mol. The van der Waals surface area contributed by atoms with Crippen LogP contribution in [0.3, 0.4) is 0 Å². The first-order valence-electron chi connectivity index (χ1n) is 10.7. The van der Waals surface area contributed by atoms with Gasteiger partial charge in [-0.05, 0) is 81.0 Å². The number of anilines is 1. The molecule has 0 saturated carbocycles. The van der Waals surface area contributed by atoms with Gasteiger partial charge in [-0.15, -0.1) is 0 Å². The van der Waals surface area contributed by atoms with Crippen LogP contribution in [-0.4, -0.2) is 65.6 Å². The minimum atomic E-state index is 0.688. The Morgan fingerprint density at radius 3 is 2.52 bits per heavy atom. The number of piperazine rings is 1. The van der Waals surface area contributed by atoms with E-state index in [1.807, 2.05) is 12.1 Å². The van der Waals surface area contributed by atoms with E-state index in [1.165, 1.54) is 24.2 Å². The molecule has 1 aliphatic heterocycles.